The Balaban J connectivity index is 0. The van der Waals surface area contributed by atoms with Crippen molar-refractivity contribution in [3.63, 3.8) is 0 Å². The third kappa shape index (κ3) is 12.8. The fraction of sp³-hybridized carbons (Fsp3) is 0.714. The number of carboxylic acid groups (broad SMARTS) is 1. The highest BCUT2D eigenvalue weighted by Gasteiger charge is 2.38. The van der Waals surface area contributed by atoms with Crippen LogP contribution in [0.25, 0.3) is 0 Å². The first-order valence-corrected chi connectivity index (χ1v) is 10.2. The number of anilines is 1. The second-order valence-corrected chi connectivity index (χ2v) is 8.14. The van der Waals surface area contributed by atoms with Crippen molar-refractivity contribution in [1.82, 2.24) is 14.9 Å². The summed E-state index contributed by atoms with van der Waals surface area (Å²) < 4.78 is 37.1. The van der Waals surface area contributed by atoms with Crippen LogP contribution >= 0.6 is 0 Å². The molecule has 1 unspecified atom stereocenters. The van der Waals surface area contributed by atoms with Gasteiger partial charge in [-0.3, -0.25) is 9.59 Å². The minimum Gasteiger partial charge on any atom is -0.483 e. The number of carbonyl (C=O) groups excluding carboxylic acids is 1. The SMILES string of the molecule is CC.CC(C)C.CC1CN(C(=O)CNc2cnc(C(F)(F)F)cn2)CC1(C)C.O=CO. The molecule has 1 fully saturated rings. The molecular weight excluding hydrogens is 413 g/mol. The number of likely N-dealkylation sites (tertiary alicyclic amines) is 1. The van der Waals surface area contributed by atoms with Crippen molar-refractivity contribution in [3.05, 3.63) is 18.1 Å². The minimum atomic E-state index is -4.52. The number of aromatic nitrogens is 2. The lowest BCUT2D eigenvalue weighted by atomic mass is 9.84. The average molecular weight is 451 g/mol. The third-order valence-corrected chi connectivity index (χ3v) is 4.14. The van der Waals surface area contributed by atoms with Gasteiger partial charge in [0.25, 0.3) is 6.47 Å². The lowest BCUT2D eigenvalue weighted by Gasteiger charge is -2.22. The van der Waals surface area contributed by atoms with Crippen LogP contribution in [-0.4, -0.2) is 52.0 Å². The van der Waals surface area contributed by atoms with Crippen LogP contribution in [-0.2, 0) is 15.8 Å². The molecule has 180 valence electrons. The molecule has 31 heavy (non-hydrogen) atoms. The van der Waals surface area contributed by atoms with Crippen LogP contribution in [0.3, 0.4) is 0 Å². The maximum absolute atomic E-state index is 12.4. The second kappa shape index (κ2) is 14.6. The molecule has 0 aliphatic carbocycles. The molecule has 2 N–H and O–H groups in total. The van der Waals surface area contributed by atoms with Crippen LogP contribution in [0.4, 0.5) is 19.0 Å². The van der Waals surface area contributed by atoms with Gasteiger partial charge in [-0.1, -0.05) is 55.4 Å². The number of rotatable bonds is 3. The van der Waals surface area contributed by atoms with E-state index in [0.717, 1.165) is 12.1 Å². The molecule has 1 aliphatic heterocycles. The van der Waals surface area contributed by atoms with Gasteiger partial charge in [-0.15, -0.1) is 0 Å². The normalized spacial score (nSPS) is 16.6. The van der Waals surface area contributed by atoms with Gasteiger partial charge < -0.3 is 15.3 Å². The van der Waals surface area contributed by atoms with Crippen LogP contribution in [0.5, 0.6) is 0 Å². The monoisotopic (exact) mass is 450 g/mol. The molecule has 0 saturated carbocycles. The number of hydrogen-bond donors (Lipinski definition) is 2. The number of nitrogens with one attached hydrogen (secondary N) is 1. The van der Waals surface area contributed by atoms with E-state index in [1.165, 1.54) is 0 Å². The summed E-state index contributed by atoms with van der Waals surface area (Å²) in [5.41, 5.74) is -0.983. The fourth-order valence-corrected chi connectivity index (χ4v) is 2.32. The predicted molar refractivity (Wildman–Crippen MR) is 116 cm³/mol. The van der Waals surface area contributed by atoms with Gasteiger partial charge in [0.15, 0.2) is 5.69 Å². The summed E-state index contributed by atoms with van der Waals surface area (Å²) in [5.74, 6) is 1.29. The van der Waals surface area contributed by atoms with E-state index in [1.54, 1.807) is 4.90 Å². The summed E-state index contributed by atoms with van der Waals surface area (Å²) >= 11 is 0. The van der Waals surface area contributed by atoms with Crippen LogP contribution in [0.2, 0.25) is 0 Å². The lowest BCUT2D eigenvalue weighted by Crippen LogP contribution is -2.34. The van der Waals surface area contributed by atoms with Crippen molar-refractivity contribution in [3.8, 4) is 0 Å². The summed E-state index contributed by atoms with van der Waals surface area (Å²) in [6.07, 6.45) is -2.89. The summed E-state index contributed by atoms with van der Waals surface area (Å²) in [7, 11) is 0. The van der Waals surface area contributed by atoms with Crippen molar-refractivity contribution >= 4 is 18.2 Å². The Hall–Kier alpha value is -2.39. The van der Waals surface area contributed by atoms with E-state index in [2.05, 4.69) is 56.8 Å². The van der Waals surface area contributed by atoms with E-state index in [0.29, 0.717) is 25.2 Å². The molecule has 0 radical (unpaired) electrons. The van der Waals surface area contributed by atoms with E-state index in [4.69, 9.17) is 9.90 Å². The standard InChI is InChI=1S/C14H19F3N4O.C4H10.C2H6.CH2O2/c1-9-7-21(8-13(9,2)3)12(22)6-20-11-5-18-10(4-19-11)14(15,16)17;1-4(2)3;1-2;2-1-3/h4-5,9H,6-8H2,1-3H3,(H,19,20);4H,1-3H3;1-2H3;1H,(H,2,3). The molecule has 2 rings (SSSR count). The smallest absolute Gasteiger partial charge is 0.434 e. The zero-order valence-electron chi connectivity index (χ0n) is 19.7. The number of carbonyl (C=O) groups is 2. The van der Waals surface area contributed by atoms with Crippen molar-refractivity contribution in [2.75, 3.05) is 25.0 Å². The van der Waals surface area contributed by atoms with Gasteiger partial charge in [0.2, 0.25) is 5.91 Å². The van der Waals surface area contributed by atoms with Crippen molar-refractivity contribution < 1.29 is 27.9 Å². The Morgan fingerprint density at radius 2 is 1.77 bits per heavy atom. The number of nitrogens with zero attached hydrogens (tertiary/aromatic N) is 3. The van der Waals surface area contributed by atoms with Crippen molar-refractivity contribution in [2.45, 2.75) is 61.6 Å². The van der Waals surface area contributed by atoms with E-state index >= 15 is 0 Å². The summed E-state index contributed by atoms with van der Waals surface area (Å²) in [6.45, 7) is 17.9. The molecule has 1 atom stereocenters. The minimum absolute atomic E-state index is 0.0111. The maximum atomic E-state index is 12.4. The predicted octanol–water partition coefficient (Wildman–Crippen LogP) is 4.80. The maximum Gasteiger partial charge on any atom is 0.434 e. The topological polar surface area (TPSA) is 95.4 Å². The Kier molecular flexibility index (Phi) is 14.5. The molecule has 0 bridgehead atoms. The zero-order valence-corrected chi connectivity index (χ0v) is 19.7. The van der Waals surface area contributed by atoms with Crippen molar-refractivity contribution in [2.24, 2.45) is 17.3 Å². The average Bonchev–Trinajstić information content (AvgIpc) is 2.94. The zero-order chi connectivity index (χ0) is 24.8. The second-order valence-electron chi connectivity index (χ2n) is 8.14. The first kappa shape index (κ1) is 30.8. The number of amides is 1. The first-order chi connectivity index (χ1) is 14.2. The Labute approximate surface area is 183 Å². The van der Waals surface area contributed by atoms with Crippen LogP contribution in [0.1, 0.15) is 61.1 Å². The molecule has 1 saturated heterocycles. The number of halogens is 3. The highest BCUT2D eigenvalue weighted by molar-refractivity contribution is 5.80. The van der Waals surface area contributed by atoms with Gasteiger partial charge in [-0.2, -0.15) is 13.2 Å². The highest BCUT2D eigenvalue weighted by atomic mass is 19.4. The van der Waals surface area contributed by atoms with E-state index < -0.39 is 11.9 Å². The van der Waals surface area contributed by atoms with E-state index in [9.17, 15) is 18.0 Å². The van der Waals surface area contributed by atoms with Crippen LogP contribution in [0, 0.1) is 17.3 Å². The van der Waals surface area contributed by atoms with Gasteiger partial charge in [0.1, 0.15) is 5.82 Å². The van der Waals surface area contributed by atoms with E-state index in [1.807, 2.05) is 13.8 Å². The number of alkyl halides is 3. The quantitative estimate of drug-likeness (QED) is 0.642. The molecule has 1 amide bonds. The van der Waals surface area contributed by atoms with E-state index in [-0.39, 0.29) is 30.2 Å². The summed E-state index contributed by atoms with van der Waals surface area (Å²) in [6, 6.07) is 0. The van der Waals surface area contributed by atoms with Crippen molar-refractivity contribution in [1.29, 1.82) is 0 Å². The summed E-state index contributed by atoms with van der Waals surface area (Å²) in [4.78, 5) is 29.1. The van der Waals surface area contributed by atoms with Gasteiger partial charge in [0, 0.05) is 13.1 Å². The fourth-order valence-electron chi connectivity index (χ4n) is 2.32. The van der Waals surface area contributed by atoms with Gasteiger partial charge in [-0.25, -0.2) is 9.97 Å². The van der Waals surface area contributed by atoms with Gasteiger partial charge >= 0.3 is 6.18 Å². The summed E-state index contributed by atoms with van der Waals surface area (Å²) in [5, 5.41) is 9.60. The Bertz CT molecular complexity index is 633. The molecule has 1 aliphatic rings. The molecule has 1 aromatic rings. The molecule has 1 aromatic heterocycles. The Morgan fingerprint density at radius 3 is 2.10 bits per heavy atom. The lowest BCUT2D eigenvalue weighted by molar-refractivity contribution is -0.141. The Morgan fingerprint density at radius 1 is 1.29 bits per heavy atom. The third-order valence-electron chi connectivity index (χ3n) is 4.14. The molecular formula is C21H37F3N4O3. The first-order valence-electron chi connectivity index (χ1n) is 10.2. The molecule has 2 heterocycles. The van der Waals surface area contributed by atoms with Gasteiger partial charge in [-0.05, 0) is 17.3 Å². The molecule has 0 spiro atoms. The highest BCUT2D eigenvalue weighted by Crippen LogP contribution is 2.34. The molecule has 10 heteroatoms. The van der Waals surface area contributed by atoms with Crippen LogP contribution < -0.4 is 5.32 Å². The largest absolute Gasteiger partial charge is 0.483 e. The molecule has 7 nitrogen and oxygen atoms in total. The van der Waals surface area contributed by atoms with Gasteiger partial charge in [0.05, 0.1) is 18.9 Å². The number of hydrogen-bond acceptors (Lipinski definition) is 5. The molecule has 0 aromatic carbocycles. The van der Waals surface area contributed by atoms with Crippen LogP contribution in [0.15, 0.2) is 12.4 Å².